The van der Waals surface area contributed by atoms with Gasteiger partial charge in [-0.25, -0.2) is 4.57 Å². The molecule has 1 aromatic carbocycles. The first-order chi connectivity index (χ1) is 9.16. The fourth-order valence-electron chi connectivity index (χ4n) is 1.75. The number of aromatic nitrogens is 1. The molecule has 112 valence electrons. The number of thiol groups is 2. The van der Waals surface area contributed by atoms with Gasteiger partial charge in [0.2, 0.25) is 0 Å². The third-order valence-electron chi connectivity index (χ3n) is 2.42. The highest BCUT2D eigenvalue weighted by atomic mass is 32.1. The molecule has 0 spiro atoms. The predicted octanol–water partition coefficient (Wildman–Crippen LogP) is 0.901. The molecule has 0 fully saturated rings. The molecule has 0 bridgehead atoms. The van der Waals surface area contributed by atoms with Crippen molar-refractivity contribution < 1.29 is 24.4 Å². The lowest BCUT2D eigenvalue weighted by atomic mass is 10.1. The Morgan fingerprint density at radius 3 is 2.35 bits per heavy atom. The molecule has 20 heavy (non-hydrogen) atoms. The van der Waals surface area contributed by atoms with Crippen LogP contribution >= 0.6 is 33.3 Å². The van der Waals surface area contributed by atoms with Gasteiger partial charge in [0.1, 0.15) is 5.75 Å². The van der Waals surface area contributed by atoms with Crippen LogP contribution < -0.4 is 5.73 Å². The van der Waals surface area contributed by atoms with Crippen LogP contribution in [0.5, 0.6) is 5.75 Å². The SMILES string of the molecule is NCCc1c(S)n(S)c2cccc(O)c12.O=P(O)(O)O. The van der Waals surface area contributed by atoms with E-state index < -0.39 is 7.82 Å². The summed E-state index contributed by atoms with van der Waals surface area (Å²) in [4.78, 5) is 21.6. The summed E-state index contributed by atoms with van der Waals surface area (Å²) in [7, 11) is -4.64. The molecule has 0 unspecified atom stereocenters. The normalized spacial score (nSPS) is 11.3. The minimum Gasteiger partial charge on any atom is -0.507 e. The van der Waals surface area contributed by atoms with Crippen molar-refractivity contribution in [1.29, 1.82) is 0 Å². The van der Waals surface area contributed by atoms with Gasteiger partial charge in [-0.1, -0.05) is 18.9 Å². The van der Waals surface area contributed by atoms with Gasteiger partial charge in [0.05, 0.1) is 10.5 Å². The maximum atomic E-state index is 9.79. The highest BCUT2D eigenvalue weighted by Crippen LogP contribution is 2.35. The lowest BCUT2D eigenvalue weighted by Gasteiger charge is -1.99. The summed E-state index contributed by atoms with van der Waals surface area (Å²) in [5.41, 5.74) is 7.33. The Labute approximate surface area is 126 Å². The van der Waals surface area contributed by atoms with Crippen LogP contribution in [0.25, 0.3) is 10.9 Å². The van der Waals surface area contributed by atoms with Gasteiger partial charge >= 0.3 is 7.82 Å². The second kappa shape index (κ2) is 6.86. The lowest BCUT2D eigenvalue weighted by molar-refractivity contribution is 0.275. The van der Waals surface area contributed by atoms with Crippen molar-refractivity contribution in [3.05, 3.63) is 23.8 Å². The van der Waals surface area contributed by atoms with E-state index in [4.69, 9.17) is 25.0 Å². The molecule has 2 rings (SSSR count). The van der Waals surface area contributed by atoms with Crippen LogP contribution in [0, 0.1) is 0 Å². The highest BCUT2D eigenvalue weighted by molar-refractivity contribution is 7.82. The third-order valence-corrected chi connectivity index (χ3v) is 3.46. The Kier molecular flexibility index (Phi) is 5.96. The van der Waals surface area contributed by atoms with Crippen LogP contribution in [0.1, 0.15) is 5.56 Å². The molecule has 0 radical (unpaired) electrons. The van der Waals surface area contributed by atoms with E-state index in [0.717, 1.165) is 21.5 Å². The Morgan fingerprint density at radius 2 is 1.85 bits per heavy atom. The largest absolute Gasteiger partial charge is 0.507 e. The van der Waals surface area contributed by atoms with E-state index >= 15 is 0 Å². The van der Waals surface area contributed by atoms with Gasteiger partial charge in [0.25, 0.3) is 0 Å². The summed E-state index contributed by atoms with van der Waals surface area (Å²) >= 11 is 8.68. The van der Waals surface area contributed by atoms with Gasteiger partial charge in [-0.2, -0.15) is 0 Å². The Hall–Kier alpha value is -0.670. The number of fused-ring (bicyclic) bond motifs is 1. The molecule has 7 nitrogen and oxygen atoms in total. The minimum absolute atomic E-state index is 0.249. The minimum atomic E-state index is -4.64. The van der Waals surface area contributed by atoms with Crippen LogP contribution in [-0.2, 0) is 11.0 Å². The zero-order valence-corrected chi connectivity index (χ0v) is 12.9. The molecule has 0 aliphatic rings. The van der Waals surface area contributed by atoms with Gasteiger partial charge in [-0.05, 0) is 30.7 Å². The second-order valence-electron chi connectivity index (χ2n) is 3.84. The van der Waals surface area contributed by atoms with Crippen LogP contribution in [-0.4, -0.2) is 30.3 Å². The van der Waals surface area contributed by atoms with Crippen molar-refractivity contribution in [2.24, 2.45) is 5.73 Å². The fraction of sp³-hybridized carbons (Fsp3) is 0.200. The molecule has 0 saturated heterocycles. The van der Waals surface area contributed by atoms with Crippen LogP contribution in [0.15, 0.2) is 23.2 Å². The van der Waals surface area contributed by atoms with Crippen molar-refractivity contribution in [2.45, 2.75) is 11.4 Å². The fourth-order valence-corrected chi connectivity index (χ4v) is 2.37. The summed E-state index contributed by atoms with van der Waals surface area (Å²) in [6.45, 7) is 0.523. The maximum Gasteiger partial charge on any atom is 0.466 e. The van der Waals surface area contributed by atoms with Crippen molar-refractivity contribution in [3.63, 3.8) is 0 Å². The molecule has 0 saturated carbocycles. The number of hydrogen-bond acceptors (Lipinski definition) is 5. The molecular formula is C10H15N2O5PS2. The van der Waals surface area contributed by atoms with E-state index in [-0.39, 0.29) is 5.75 Å². The smallest absolute Gasteiger partial charge is 0.466 e. The summed E-state index contributed by atoms with van der Waals surface area (Å²) < 4.78 is 10.5. The molecule has 1 heterocycles. The van der Waals surface area contributed by atoms with E-state index in [1.54, 1.807) is 16.1 Å². The summed E-state index contributed by atoms with van der Waals surface area (Å²) in [5.74, 6) is 0.249. The van der Waals surface area contributed by atoms with E-state index in [9.17, 15) is 5.11 Å². The third kappa shape index (κ3) is 4.42. The van der Waals surface area contributed by atoms with Crippen LogP contribution in [0.4, 0.5) is 0 Å². The van der Waals surface area contributed by atoms with Crippen molar-refractivity contribution in [1.82, 2.24) is 3.97 Å². The zero-order chi connectivity index (χ0) is 15.5. The predicted molar refractivity (Wildman–Crippen MR) is 82.3 cm³/mol. The quantitative estimate of drug-likeness (QED) is 0.322. The standard InChI is InChI=1S/C10H12N2OS2.H3O4P/c11-5-4-6-9-7(12(15)10(6)14)2-1-3-8(9)13;1-5(2,3)4/h1-3,13-15H,4-5,11H2;(H3,1,2,3,4). The number of aromatic hydroxyl groups is 1. The maximum absolute atomic E-state index is 9.79. The molecule has 0 aliphatic heterocycles. The van der Waals surface area contributed by atoms with E-state index in [0.29, 0.717) is 13.0 Å². The molecule has 0 amide bonds. The van der Waals surface area contributed by atoms with Gasteiger partial charge in [0.15, 0.2) is 0 Å². The number of nitrogens with zero attached hydrogens (tertiary/aromatic N) is 1. The van der Waals surface area contributed by atoms with Crippen molar-refractivity contribution in [3.8, 4) is 5.75 Å². The second-order valence-corrected chi connectivity index (χ2v) is 5.69. The van der Waals surface area contributed by atoms with Gasteiger partial charge in [-0.15, -0.1) is 12.6 Å². The molecule has 0 aliphatic carbocycles. The van der Waals surface area contributed by atoms with Gasteiger partial charge < -0.3 is 25.5 Å². The lowest BCUT2D eigenvalue weighted by Crippen LogP contribution is -2.02. The van der Waals surface area contributed by atoms with Crippen LogP contribution in [0.2, 0.25) is 0 Å². The average molecular weight is 338 g/mol. The molecular weight excluding hydrogens is 323 g/mol. The number of phosphoric acid groups is 1. The zero-order valence-electron chi connectivity index (χ0n) is 10.2. The van der Waals surface area contributed by atoms with Crippen LogP contribution in [0.3, 0.4) is 0 Å². The molecule has 1 aromatic heterocycles. The topological polar surface area (TPSA) is 129 Å². The number of hydrogen-bond donors (Lipinski definition) is 7. The first-order valence-electron chi connectivity index (χ1n) is 5.38. The number of rotatable bonds is 2. The Morgan fingerprint density at radius 1 is 1.30 bits per heavy atom. The molecule has 10 heteroatoms. The number of nitrogens with two attached hydrogens (primary N) is 1. The summed E-state index contributed by atoms with van der Waals surface area (Å²) in [5, 5.41) is 11.3. The van der Waals surface area contributed by atoms with Gasteiger partial charge in [0, 0.05) is 5.39 Å². The van der Waals surface area contributed by atoms with E-state index in [2.05, 4.69) is 25.4 Å². The Bertz CT molecular complexity index is 646. The molecule has 2 aromatic rings. The van der Waals surface area contributed by atoms with Crippen molar-refractivity contribution >= 4 is 44.2 Å². The van der Waals surface area contributed by atoms with Crippen molar-refractivity contribution in [2.75, 3.05) is 6.54 Å². The Balaban J connectivity index is 0.000000347. The molecule has 0 atom stereocenters. The molecule has 6 N–H and O–H groups in total. The van der Waals surface area contributed by atoms with E-state index in [1.165, 1.54) is 0 Å². The monoisotopic (exact) mass is 338 g/mol. The number of benzene rings is 1. The number of phenols is 1. The number of phenolic OH excluding ortho intramolecular Hbond substituents is 1. The van der Waals surface area contributed by atoms with E-state index in [1.807, 2.05) is 6.07 Å². The summed E-state index contributed by atoms with van der Waals surface area (Å²) in [6.07, 6.45) is 0.681. The highest BCUT2D eigenvalue weighted by Gasteiger charge is 2.15. The first kappa shape index (κ1) is 17.4. The first-order valence-corrected chi connectivity index (χ1v) is 7.80. The average Bonchev–Trinajstić information content (AvgIpc) is 2.54. The van der Waals surface area contributed by atoms with Gasteiger partial charge in [-0.3, -0.25) is 3.97 Å². The summed E-state index contributed by atoms with van der Waals surface area (Å²) in [6, 6.07) is 5.33.